The van der Waals surface area contributed by atoms with Crippen molar-refractivity contribution < 1.29 is 13.2 Å². The lowest BCUT2D eigenvalue weighted by atomic mass is 10.00. The number of sulfonamides is 1. The number of rotatable bonds is 1. The fraction of sp³-hybridized carbons (Fsp3) is 0.500. The van der Waals surface area contributed by atoms with Gasteiger partial charge in [0.25, 0.3) is 0 Å². The monoisotopic (exact) mass is 289 g/mol. The molecule has 0 radical (unpaired) electrons. The Morgan fingerprint density at radius 2 is 2.06 bits per heavy atom. The molecule has 0 bridgehead atoms. The average molecular weight is 290 g/mol. The second-order valence-electron chi connectivity index (χ2n) is 4.78. The minimum atomic E-state index is -3.36. The molecule has 0 saturated carbocycles. The maximum absolute atomic E-state index is 11.8. The molecule has 2 rings (SSSR count). The molecule has 0 unspecified atom stereocenters. The van der Waals surface area contributed by atoms with Gasteiger partial charge < -0.3 is 4.74 Å². The maximum atomic E-state index is 11.8. The molecule has 6 heteroatoms. The zero-order valence-corrected chi connectivity index (χ0v) is 12.2. The fourth-order valence-corrected chi connectivity index (χ4v) is 2.93. The first-order valence-electron chi connectivity index (χ1n) is 5.70. The Labute approximate surface area is 113 Å². The molecule has 0 aliphatic carbocycles. The van der Waals surface area contributed by atoms with Crippen molar-refractivity contribution in [3.63, 3.8) is 0 Å². The van der Waals surface area contributed by atoms with E-state index in [4.69, 9.17) is 16.3 Å². The molecule has 1 aromatic carbocycles. The third-order valence-electron chi connectivity index (χ3n) is 3.03. The lowest BCUT2D eigenvalue weighted by Crippen LogP contribution is -2.28. The summed E-state index contributed by atoms with van der Waals surface area (Å²) in [4.78, 5) is 0. The molecular formula is C12H16ClNO3S. The van der Waals surface area contributed by atoms with E-state index in [1.54, 1.807) is 7.05 Å². The first-order valence-corrected chi connectivity index (χ1v) is 7.69. The molecule has 0 amide bonds. The first-order chi connectivity index (χ1) is 8.31. The molecule has 0 fully saturated rings. The average Bonchev–Trinajstić information content (AvgIpc) is 2.37. The third-order valence-corrected chi connectivity index (χ3v) is 4.80. The van der Waals surface area contributed by atoms with Gasteiger partial charge in [0.1, 0.15) is 5.75 Å². The lowest BCUT2D eigenvalue weighted by molar-refractivity contribution is 0.372. The van der Waals surface area contributed by atoms with Gasteiger partial charge in [0.15, 0.2) is 0 Å². The normalized spacial score (nSPS) is 19.2. The van der Waals surface area contributed by atoms with Crippen LogP contribution in [0.3, 0.4) is 0 Å². The molecule has 0 atom stereocenters. The summed E-state index contributed by atoms with van der Waals surface area (Å²) in [6.45, 7) is 4.42. The molecule has 0 saturated heterocycles. The van der Waals surface area contributed by atoms with Gasteiger partial charge in [-0.3, -0.25) is 0 Å². The Hall–Kier alpha value is -0.780. The van der Waals surface area contributed by atoms with Crippen LogP contribution in [0.4, 0.5) is 0 Å². The quantitative estimate of drug-likeness (QED) is 0.798. The summed E-state index contributed by atoms with van der Waals surface area (Å²) < 4.78 is 30.1. The van der Waals surface area contributed by atoms with Gasteiger partial charge in [-0.15, -0.1) is 0 Å². The molecule has 0 aromatic heterocycles. The standard InChI is InChI=1S/C12H16ClNO3S/c1-8(2)9-4-10-6-14(3)18(15,16)7-17-12(10)11(13)5-9/h4-5,8H,6-7H2,1-3H3. The van der Waals surface area contributed by atoms with Crippen molar-refractivity contribution in [2.24, 2.45) is 0 Å². The van der Waals surface area contributed by atoms with Gasteiger partial charge in [0.2, 0.25) is 16.0 Å². The molecule has 0 spiro atoms. The van der Waals surface area contributed by atoms with Gasteiger partial charge in [-0.2, -0.15) is 4.31 Å². The van der Waals surface area contributed by atoms with E-state index >= 15 is 0 Å². The van der Waals surface area contributed by atoms with E-state index in [2.05, 4.69) is 13.8 Å². The number of hydrogen-bond acceptors (Lipinski definition) is 3. The van der Waals surface area contributed by atoms with E-state index in [9.17, 15) is 8.42 Å². The number of benzene rings is 1. The van der Waals surface area contributed by atoms with Crippen molar-refractivity contribution in [3.8, 4) is 5.75 Å². The van der Waals surface area contributed by atoms with Gasteiger partial charge in [0, 0.05) is 19.2 Å². The number of nitrogens with zero attached hydrogens (tertiary/aromatic N) is 1. The second-order valence-corrected chi connectivity index (χ2v) is 7.21. The lowest BCUT2D eigenvalue weighted by Gasteiger charge is -2.14. The summed E-state index contributed by atoms with van der Waals surface area (Å²) in [6, 6.07) is 3.80. The zero-order valence-electron chi connectivity index (χ0n) is 10.6. The molecule has 1 aromatic rings. The maximum Gasteiger partial charge on any atom is 0.249 e. The van der Waals surface area contributed by atoms with Crippen LogP contribution in [0.25, 0.3) is 0 Å². The van der Waals surface area contributed by atoms with Gasteiger partial charge in [0.05, 0.1) is 5.02 Å². The topological polar surface area (TPSA) is 46.6 Å². The Balaban J connectivity index is 2.51. The summed E-state index contributed by atoms with van der Waals surface area (Å²) in [6.07, 6.45) is 0. The van der Waals surface area contributed by atoms with Crippen molar-refractivity contribution >= 4 is 21.6 Å². The zero-order chi connectivity index (χ0) is 13.5. The highest BCUT2D eigenvalue weighted by Crippen LogP contribution is 2.35. The molecule has 100 valence electrons. The Morgan fingerprint density at radius 1 is 1.39 bits per heavy atom. The highest BCUT2D eigenvalue weighted by Gasteiger charge is 2.26. The highest BCUT2D eigenvalue weighted by atomic mass is 35.5. The molecule has 0 N–H and O–H groups in total. The molecule has 1 aliphatic rings. The Kier molecular flexibility index (Phi) is 3.58. The second kappa shape index (κ2) is 4.72. The van der Waals surface area contributed by atoms with Gasteiger partial charge in [-0.25, -0.2) is 8.42 Å². The summed E-state index contributed by atoms with van der Waals surface area (Å²) in [7, 11) is -1.82. The van der Waals surface area contributed by atoms with Crippen molar-refractivity contribution in [1.82, 2.24) is 4.31 Å². The van der Waals surface area contributed by atoms with E-state index in [1.165, 1.54) is 4.31 Å². The predicted octanol–water partition coefficient (Wildman–Crippen LogP) is 2.57. The van der Waals surface area contributed by atoms with Crippen LogP contribution in [0.1, 0.15) is 30.9 Å². The smallest absolute Gasteiger partial charge is 0.249 e. The number of halogens is 1. The largest absolute Gasteiger partial charge is 0.474 e. The van der Waals surface area contributed by atoms with Crippen LogP contribution in [-0.2, 0) is 16.6 Å². The fourth-order valence-electron chi connectivity index (χ4n) is 1.85. The molecule has 18 heavy (non-hydrogen) atoms. The molecule has 4 nitrogen and oxygen atoms in total. The number of ether oxygens (including phenoxy) is 1. The van der Waals surface area contributed by atoms with Crippen LogP contribution in [-0.4, -0.2) is 25.7 Å². The SMILES string of the molecule is CC(C)c1cc(Cl)c2c(c1)CN(C)S(=O)(=O)CO2. The highest BCUT2D eigenvalue weighted by molar-refractivity contribution is 7.88. The van der Waals surface area contributed by atoms with E-state index < -0.39 is 10.0 Å². The van der Waals surface area contributed by atoms with Crippen molar-refractivity contribution in [1.29, 1.82) is 0 Å². The van der Waals surface area contributed by atoms with Crippen LogP contribution in [0.2, 0.25) is 5.02 Å². The first kappa shape index (κ1) is 13.6. The summed E-state index contributed by atoms with van der Waals surface area (Å²) in [5.41, 5.74) is 1.89. The summed E-state index contributed by atoms with van der Waals surface area (Å²) >= 11 is 6.17. The Bertz CT molecular complexity index is 569. The van der Waals surface area contributed by atoms with Crippen LogP contribution in [0.5, 0.6) is 5.75 Å². The van der Waals surface area contributed by atoms with Gasteiger partial charge in [-0.1, -0.05) is 31.5 Å². The Morgan fingerprint density at radius 3 is 2.67 bits per heavy atom. The minimum Gasteiger partial charge on any atom is -0.474 e. The summed E-state index contributed by atoms with van der Waals surface area (Å²) in [5.74, 6) is 0.448. The predicted molar refractivity (Wildman–Crippen MR) is 71.4 cm³/mol. The molecular weight excluding hydrogens is 274 g/mol. The molecule has 1 aliphatic heterocycles. The van der Waals surface area contributed by atoms with Crippen LogP contribution >= 0.6 is 11.6 Å². The van der Waals surface area contributed by atoms with E-state index in [-0.39, 0.29) is 12.5 Å². The third kappa shape index (κ3) is 2.48. The number of fused-ring (bicyclic) bond motifs is 1. The molecule has 1 heterocycles. The van der Waals surface area contributed by atoms with Crippen LogP contribution < -0.4 is 4.74 Å². The van der Waals surface area contributed by atoms with E-state index in [0.29, 0.717) is 16.7 Å². The van der Waals surface area contributed by atoms with E-state index in [1.807, 2.05) is 12.1 Å². The van der Waals surface area contributed by atoms with Crippen LogP contribution in [0, 0.1) is 0 Å². The number of hydrogen-bond donors (Lipinski definition) is 0. The van der Waals surface area contributed by atoms with Crippen molar-refractivity contribution in [3.05, 3.63) is 28.3 Å². The van der Waals surface area contributed by atoms with Crippen molar-refractivity contribution in [2.45, 2.75) is 26.3 Å². The van der Waals surface area contributed by atoms with Gasteiger partial charge in [-0.05, 0) is 17.5 Å². The van der Waals surface area contributed by atoms with E-state index in [0.717, 1.165) is 11.1 Å². The van der Waals surface area contributed by atoms with Crippen LogP contribution in [0.15, 0.2) is 12.1 Å². The summed E-state index contributed by atoms with van der Waals surface area (Å²) in [5, 5.41) is 0.474. The van der Waals surface area contributed by atoms with Gasteiger partial charge >= 0.3 is 0 Å². The van der Waals surface area contributed by atoms with Crippen molar-refractivity contribution in [2.75, 3.05) is 13.0 Å². The minimum absolute atomic E-state index is 0.290.